The fourth-order valence-electron chi connectivity index (χ4n) is 2.97. The fraction of sp³-hybridized carbons (Fsp3) is 0.480. The molecule has 0 spiro atoms. The lowest BCUT2D eigenvalue weighted by atomic mass is 10.1. The molecule has 0 aliphatic rings. The van der Waals surface area contributed by atoms with E-state index in [4.69, 9.17) is 9.47 Å². The lowest BCUT2D eigenvalue weighted by molar-refractivity contribution is -0.148. The minimum Gasteiger partial charge on any atom is -0.463 e. The molecule has 0 fully saturated rings. The molecule has 1 atom stereocenters. The first kappa shape index (κ1) is 23.6. The van der Waals surface area contributed by atoms with E-state index in [1.165, 1.54) is 31.2 Å². The Hall–Kier alpha value is -2.69. The quantitative estimate of drug-likeness (QED) is 0.221. The number of carbonyl (C=O) groups is 1. The molecule has 1 aromatic heterocycles. The molecular weight excluding hydrogens is 376 g/mol. The second-order valence-electron chi connectivity index (χ2n) is 7.47. The first-order valence-electron chi connectivity index (χ1n) is 11.0. The van der Waals surface area contributed by atoms with Crippen LogP contribution in [0.25, 0.3) is 11.4 Å². The molecule has 1 aromatic carbocycles. The van der Waals surface area contributed by atoms with Crippen molar-refractivity contribution in [2.75, 3.05) is 0 Å². The molecular formula is C25H34N2O3. The van der Waals surface area contributed by atoms with Crippen LogP contribution in [0.2, 0.25) is 0 Å². The summed E-state index contributed by atoms with van der Waals surface area (Å²) in [5, 5.41) is 0. The average molecular weight is 411 g/mol. The third-order valence-electron chi connectivity index (χ3n) is 4.83. The number of esters is 1. The van der Waals surface area contributed by atoms with Crippen LogP contribution in [-0.2, 0) is 16.0 Å². The number of aromatic nitrogens is 2. The first-order valence-corrected chi connectivity index (χ1v) is 11.0. The minimum atomic E-state index is -0.148. The summed E-state index contributed by atoms with van der Waals surface area (Å²) in [5.74, 6) is 1.16. The highest BCUT2D eigenvalue weighted by molar-refractivity contribution is 5.69. The Balaban J connectivity index is 1.79. The van der Waals surface area contributed by atoms with Crippen molar-refractivity contribution in [3.8, 4) is 17.1 Å². The molecule has 162 valence electrons. The topological polar surface area (TPSA) is 61.3 Å². The van der Waals surface area contributed by atoms with Gasteiger partial charge in [-0.05, 0) is 44.2 Å². The van der Waals surface area contributed by atoms with Gasteiger partial charge in [0.15, 0.2) is 11.6 Å². The molecule has 2 rings (SSSR count). The third-order valence-corrected chi connectivity index (χ3v) is 4.83. The molecule has 0 bridgehead atoms. The number of unbranched alkanes of at least 4 members (excludes halogenated alkanes) is 4. The van der Waals surface area contributed by atoms with Crippen LogP contribution < -0.4 is 4.74 Å². The van der Waals surface area contributed by atoms with Gasteiger partial charge >= 0.3 is 5.97 Å². The molecule has 0 aliphatic heterocycles. The van der Waals surface area contributed by atoms with Gasteiger partial charge in [0, 0.05) is 12.0 Å². The summed E-state index contributed by atoms with van der Waals surface area (Å²) in [6.45, 7) is 5.95. The molecule has 0 N–H and O–H groups in total. The van der Waals surface area contributed by atoms with Gasteiger partial charge in [-0.3, -0.25) is 4.79 Å². The van der Waals surface area contributed by atoms with Gasteiger partial charge in [-0.15, -0.1) is 0 Å². The highest BCUT2D eigenvalue weighted by atomic mass is 16.5. The van der Waals surface area contributed by atoms with Gasteiger partial charge in [-0.25, -0.2) is 9.97 Å². The third kappa shape index (κ3) is 8.76. The number of rotatable bonds is 13. The van der Waals surface area contributed by atoms with Gasteiger partial charge in [-0.1, -0.05) is 57.4 Å². The van der Waals surface area contributed by atoms with Crippen LogP contribution in [0.1, 0.15) is 71.3 Å². The smallest absolute Gasteiger partial charge is 0.305 e. The Morgan fingerprint density at radius 3 is 2.47 bits per heavy atom. The van der Waals surface area contributed by atoms with Crippen molar-refractivity contribution in [2.45, 2.75) is 78.2 Å². The minimum absolute atomic E-state index is 0.0709. The second kappa shape index (κ2) is 13.5. The molecule has 2 aromatic rings. The van der Waals surface area contributed by atoms with Crippen molar-refractivity contribution in [3.05, 3.63) is 54.6 Å². The summed E-state index contributed by atoms with van der Waals surface area (Å²) in [6, 6.07) is 8.17. The zero-order valence-corrected chi connectivity index (χ0v) is 18.5. The predicted molar refractivity (Wildman–Crippen MR) is 120 cm³/mol. The van der Waals surface area contributed by atoms with E-state index in [9.17, 15) is 4.79 Å². The average Bonchev–Trinajstić information content (AvgIpc) is 2.78. The maximum Gasteiger partial charge on any atom is 0.305 e. The van der Waals surface area contributed by atoms with Crippen molar-refractivity contribution >= 4 is 5.97 Å². The Labute approximate surface area is 180 Å². The van der Waals surface area contributed by atoms with Crippen LogP contribution in [0.4, 0.5) is 0 Å². The maximum atomic E-state index is 11.3. The Kier molecular flexibility index (Phi) is 10.6. The summed E-state index contributed by atoms with van der Waals surface area (Å²) >= 11 is 0. The first-order chi connectivity index (χ1) is 14.6. The van der Waals surface area contributed by atoms with Crippen LogP contribution in [0.15, 0.2) is 49.0 Å². The number of ether oxygens (including phenoxy) is 2. The fourth-order valence-corrected chi connectivity index (χ4v) is 2.97. The van der Waals surface area contributed by atoms with Gasteiger partial charge < -0.3 is 9.47 Å². The normalized spacial score (nSPS) is 12.1. The monoisotopic (exact) mass is 410 g/mol. The summed E-state index contributed by atoms with van der Waals surface area (Å²) in [7, 11) is 0. The maximum absolute atomic E-state index is 11.3. The predicted octanol–water partition coefficient (Wildman–Crippen LogP) is 6.28. The van der Waals surface area contributed by atoms with Crippen LogP contribution in [0, 0.1) is 0 Å². The number of hydrogen-bond donors (Lipinski definition) is 0. The lowest BCUT2D eigenvalue weighted by Gasteiger charge is -2.12. The number of benzene rings is 1. The summed E-state index contributed by atoms with van der Waals surface area (Å²) in [5.41, 5.74) is 2.16. The van der Waals surface area contributed by atoms with Gasteiger partial charge in [0.1, 0.15) is 0 Å². The van der Waals surface area contributed by atoms with E-state index in [1.807, 2.05) is 25.1 Å². The highest BCUT2D eigenvalue weighted by Crippen LogP contribution is 2.18. The number of aryl methyl sites for hydroxylation is 1. The summed E-state index contributed by atoms with van der Waals surface area (Å²) in [6.07, 6.45) is 15.2. The van der Waals surface area contributed by atoms with Gasteiger partial charge in [0.05, 0.1) is 24.8 Å². The van der Waals surface area contributed by atoms with Gasteiger partial charge in [0.25, 0.3) is 0 Å². The zero-order valence-electron chi connectivity index (χ0n) is 18.5. The molecule has 0 saturated carbocycles. The second-order valence-corrected chi connectivity index (χ2v) is 7.47. The van der Waals surface area contributed by atoms with E-state index in [0.29, 0.717) is 18.0 Å². The Bertz CT molecular complexity index is 770. The van der Waals surface area contributed by atoms with Crippen molar-refractivity contribution in [1.29, 1.82) is 0 Å². The molecule has 30 heavy (non-hydrogen) atoms. The number of carbonyl (C=O) groups excluding carboxylic acids is 1. The van der Waals surface area contributed by atoms with E-state index in [2.05, 4.69) is 29.0 Å². The molecule has 0 saturated heterocycles. The summed E-state index contributed by atoms with van der Waals surface area (Å²) < 4.78 is 10.9. The summed E-state index contributed by atoms with van der Waals surface area (Å²) in [4.78, 5) is 20.1. The molecule has 5 heteroatoms. The van der Waals surface area contributed by atoms with Crippen molar-refractivity contribution in [2.24, 2.45) is 0 Å². The zero-order chi connectivity index (χ0) is 21.6. The molecule has 0 amide bonds. The van der Waals surface area contributed by atoms with Crippen molar-refractivity contribution < 1.29 is 14.3 Å². The molecule has 5 nitrogen and oxygen atoms in total. The number of allylic oxidation sites excluding steroid dienone is 1. The van der Waals surface area contributed by atoms with E-state index >= 15 is 0 Å². The lowest BCUT2D eigenvalue weighted by Crippen LogP contribution is -2.14. The standard InChI is InChI=1S/C25H34N2O3/c1-4-6-7-8-9-10-17-29-23-18-26-25(27-19-23)22-15-13-21(14-16-22)12-11-20(3)30-24(28)5-2/h10,13-20H,4-9,11-12H2,1-3H3/b17-10-. The van der Waals surface area contributed by atoms with E-state index in [-0.39, 0.29) is 12.1 Å². The largest absolute Gasteiger partial charge is 0.463 e. The van der Waals surface area contributed by atoms with E-state index < -0.39 is 0 Å². The van der Waals surface area contributed by atoms with E-state index in [1.54, 1.807) is 25.6 Å². The van der Waals surface area contributed by atoms with Crippen molar-refractivity contribution in [1.82, 2.24) is 9.97 Å². The number of hydrogen-bond acceptors (Lipinski definition) is 5. The van der Waals surface area contributed by atoms with Crippen LogP contribution >= 0.6 is 0 Å². The van der Waals surface area contributed by atoms with Crippen LogP contribution in [0.3, 0.4) is 0 Å². The van der Waals surface area contributed by atoms with Crippen LogP contribution in [-0.4, -0.2) is 22.0 Å². The van der Waals surface area contributed by atoms with Gasteiger partial charge in [0.2, 0.25) is 0 Å². The highest BCUT2D eigenvalue weighted by Gasteiger charge is 2.08. The number of nitrogens with zero attached hydrogens (tertiary/aromatic N) is 2. The van der Waals surface area contributed by atoms with Crippen molar-refractivity contribution in [3.63, 3.8) is 0 Å². The van der Waals surface area contributed by atoms with E-state index in [0.717, 1.165) is 24.8 Å². The molecule has 0 radical (unpaired) electrons. The Morgan fingerprint density at radius 1 is 1.07 bits per heavy atom. The molecule has 1 unspecified atom stereocenters. The van der Waals surface area contributed by atoms with Crippen LogP contribution in [0.5, 0.6) is 5.75 Å². The Morgan fingerprint density at radius 2 is 1.80 bits per heavy atom. The molecule has 1 heterocycles. The molecule has 0 aliphatic carbocycles. The van der Waals surface area contributed by atoms with Gasteiger partial charge in [-0.2, -0.15) is 0 Å². The SMILES string of the molecule is CCCCCC/C=C\Oc1cnc(-c2ccc(CCC(C)OC(=O)CC)cc2)nc1.